The molecule has 2 aromatic rings. The first-order chi connectivity index (χ1) is 12.6. The second-order valence-corrected chi connectivity index (χ2v) is 6.65. The Morgan fingerprint density at radius 1 is 1.19 bits per heavy atom. The fourth-order valence-corrected chi connectivity index (χ4v) is 3.12. The molecule has 2 rings (SSSR count). The summed E-state index contributed by atoms with van der Waals surface area (Å²) >= 11 is 9.30. The van der Waals surface area contributed by atoms with Crippen LogP contribution in [0.2, 0.25) is 5.15 Å². The number of ether oxygens (including phenoxy) is 2. The number of aromatic nitrogens is 1. The summed E-state index contributed by atoms with van der Waals surface area (Å²) in [5, 5.41) is 7.06. The van der Waals surface area contributed by atoms with E-state index in [1.807, 2.05) is 18.2 Å². The number of pyridine rings is 1. The number of nitrogens with one attached hydrogen (secondary N) is 2. The molecule has 1 heterocycles. The highest BCUT2D eigenvalue weighted by Crippen LogP contribution is 2.36. The molecule has 9 heteroatoms. The molecule has 0 fully saturated rings. The molecule has 0 amide bonds. The molecule has 1 aromatic carbocycles. The van der Waals surface area contributed by atoms with Crippen molar-refractivity contribution in [1.82, 2.24) is 15.6 Å². The van der Waals surface area contributed by atoms with Crippen LogP contribution in [0.4, 0.5) is 0 Å². The first-order valence-electron chi connectivity index (χ1n) is 8.02. The minimum atomic E-state index is 0. The van der Waals surface area contributed by atoms with Crippen LogP contribution < -0.4 is 20.1 Å². The van der Waals surface area contributed by atoms with Gasteiger partial charge in [-0.25, -0.2) is 4.98 Å². The maximum absolute atomic E-state index is 5.79. The molecule has 2 N–H and O–H groups in total. The number of halogens is 3. The van der Waals surface area contributed by atoms with Gasteiger partial charge in [0.1, 0.15) is 5.15 Å². The van der Waals surface area contributed by atoms with Crippen molar-refractivity contribution in [3.8, 4) is 11.5 Å². The molecule has 1 aromatic heterocycles. The molecule has 0 bridgehead atoms. The zero-order chi connectivity index (χ0) is 18.9. The minimum absolute atomic E-state index is 0. The third kappa shape index (κ3) is 7.34. The quantitative estimate of drug-likeness (QED) is 0.228. The van der Waals surface area contributed by atoms with E-state index in [4.69, 9.17) is 21.1 Å². The Kier molecular flexibility index (Phi) is 10.8. The lowest BCUT2D eigenvalue weighted by molar-refractivity contribution is 0.352. The number of hydrogen-bond acceptors (Lipinski definition) is 4. The van der Waals surface area contributed by atoms with E-state index in [1.54, 1.807) is 33.5 Å². The second kappa shape index (κ2) is 12.2. The van der Waals surface area contributed by atoms with Crippen LogP contribution in [0.1, 0.15) is 11.1 Å². The summed E-state index contributed by atoms with van der Waals surface area (Å²) in [6, 6.07) is 7.68. The van der Waals surface area contributed by atoms with Gasteiger partial charge in [-0.3, -0.25) is 4.99 Å². The maximum Gasteiger partial charge on any atom is 0.191 e. The van der Waals surface area contributed by atoms with Crippen LogP contribution in [0.3, 0.4) is 0 Å². The van der Waals surface area contributed by atoms with E-state index in [0.717, 1.165) is 34.5 Å². The second-order valence-electron chi connectivity index (χ2n) is 5.40. The zero-order valence-corrected chi connectivity index (χ0v) is 20.1. The molecule has 0 saturated carbocycles. The van der Waals surface area contributed by atoms with Gasteiger partial charge in [0.05, 0.1) is 18.7 Å². The molecule has 0 spiro atoms. The summed E-state index contributed by atoms with van der Waals surface area (Å²) in [5.41, 5.74) is 2.15. The van der Waals surface area contributed by atoms with Crippen LogP contribution in [-0.4, -0.2) is 38.8 Å². The largest absolute Gasteiger partial charge is 0.493 e. The lowest BCUT2D eigenvalue weighted by Crippen LogP contribution is -2.37. The summed E-state index contributed by atoms with van der Waals surface area (Å²) in [5.74, 6) is 2.07. The highest BCUT2D eigenvalue weighted by Gasteiger charge is 2.10. The summed E-state index contributed by atoms with van der Waals surface area (Å²) < 4.78 is 11.5. The fourth-order valence-electron chi connectivity index (χ4n) is 2.36. The number of aliphatic imine (C=N–C) groups is 1. The number of benzene rings is 1. The Hall–Kier alpha value is -1.26. The molecule has 0 atom stereocenters. The third-order valence-corrected chi connectivity index (χ3v) is 4.48. The number of hydrogen-bond donors (Lipinski definition) is 2. The van der Waals surface area contributed by atoms with E-state index < -0.39 is 0 Å². The molecule has 0 aliphatic heterocycles. The van der Waals surface area contributed by atoms with E-state index in [1.165, 1.54) is 0 Å². The third-order valence-electron chi connectivity index (χ3n) is 3.67. The van der Waals surface area contributed by atoms with Crippen molar-refractivity contribution in [3.05, 3.63) is 51.2 Å². The van der Waals surface area contributed by atoms with E-state index in [2.05, 4.69) is 36.5 Å². The van der Waals surface area contributed by atoms with Gasteiger partial charge in [0, 0.05) is 26.3 Å². The van der Waals surface area contributed by atoms with Crippen molar-refractivity contribution in [1.29, 1.82) is 0 Å². The molecule has 6 nitrogen and oxygen atoms in total. The van der Waals surface area contributed by atoms with Gasteiger partial charge in [-0.05, 0) is 51.7 Å². The Bertz CT molecular complexity index is 760. The van der Waals surface area contributed by atoms with Crippen LogP contribution in [0.5, 0.6) is 11.5 Å². The Morgan fingerprint density at radius 2 is 1.96 bits per heavy atom. The normalized spacial score (nSPS) is 10.8. The van der Waals surface area contributed by atoms with Gasteiger partial charge in [-0.1, -0.05) is 17.7 Å². The van der Waals surface area contributed by atoms with Crippen LogP contribution in [0, 0.1) is 0 Å². The predicted molar refractivity (Wildman–Crippen MR) is 124 cm³/mol. The molecule has 27 heavy (non-hydrogen) atoms. The van der Waals surface area contributed by atoms with Crippen LogP contribution in [0.25, 0.3) is 0 Å². The molecule has 0 radical (unpaired) electrons. The van der Waals surface area contributed by atoms with Crippen molar-refractivity contribution >= 4 is 57.5 Å². The Balaban J connectivity index is 0.00000364. The molecular formula is C18H23BrClIN4O2. The van der Waals surface area contributed by atoms with Crippen molar-refractivity contribution in [3.63, 3.8) is 0 Å². The number of nitrogens with zero attached hydrogens (tertiary/aromatic N) is 2. The van der Waals surface area contributed by atoms with Crippen LogP contribution >= 0.6 is 51.5 Å². The Morgan fingerprint density at radius 3 is 2.56 bits per heavy atom. The van der Waals surface area contributed by atoms with Gasteiger partial charge >= 0.3 is 0 Å². The molecule has 0 aliphatic carbocycles. The molecular weight excluding hydrogens is 546 g/mol. The molecule has 0 unspecified atom stereocenters. The van der Waals surface area contributed by atoms with Gasteiger partial charge in [0.15, 0.2) is 17.5 Å². The van der Waals surface area contributed by atoms with E-state index in [0.29, 0.717) is 23.2 Å². The number of methoxy groups -OCH3 is 2. The van der Waals surface area contributed by atoms with E-state index in [-0.39, 0.29) is 24.0 Å². The molecule has 0 aliphatic rings. The zero-order valence-electron chi connectivity index (χ0n) is 15.4. The van der Waals surface area contributed by atoms with Gasteiger partial charge in [-0.2, -0.15) is 0 Å². The summed E-state index contributed by atoms with van der Waals surface area (Å²) in [6.45, 7) is 1.33. The summed E-state index contributed by atoms with van der Waals surface area (Å²) in [7, 11) is 4.97. The Labute approximate surface area is 190 Å². The van der Waals surface area contributed by atoms with Gasteiger partial charge in [0.25, 0.3) is 0 Å². The lowest BCUT2D eigenvalue weighted by Gasteiger charge is -2.14. The first kappa shape index (κ1) is 23.8. The van der Waals surface area contributed by atoms with E-state index >= 15 is 0 Å². The van der Waals surface area contributed by atoms with Crippen molar-refractivity contribution in [2.75, 3.05) is 27.8 Å². The minimum Gasteiger partial charge on any atom is -0.493 e. The topological polar surface area (TPSA) is 67.8 Å². The van der Waals surface area contributed by atoms with Gasteiger partial charge in [-0.15, -0.1) is 24.0 Å². The van der Waals surface area contributed by atoms with Gasteiger partial charge < -0.3 is 20.1 Å². The van der Waals surface area contributed by atoms with Gasteiger partial charge in [0.2, 0.25) is 0 Å². The van der Waals surface area contributed by atoms with E-state index in [9.17, 15) is 0 Å². The maximum atomic E-state index is 5.79. The van der Waals surface area contributed by atoms with Crippen LogP contribution in [-0.2, 0) is 13.0 Å². The highest BCUT2D eigenvalue weighted by molar-refractivity contribution is 14.0. The average Bonchev–Trinajstić information content (AvgIpc) is 2.65. The monoisotopic (exact) mass is 568 g/mol. The summed E-state index contributed by atoms with van der Waals surface area (Å²) in [6.07, 6.45) is 2.61. The molecule has 148 valence electrons. The lowest BCUT2D eigenvalue weighted by atomic mass is 10.2. The number of rotatable bonds is 7. The SMILES string of the molecule is CN=C(NCCc1ccc(Cl)nc1)NCc1cc(Br)c(OC)c(OC)c1.I. The van der Waals surface area contributed by atoms with Crippen molar-refractivity contribution in [2.24, 2.45) is 4.99 Å². The van der Waals surface area contributed by atoms with Crippen molar-refractivity contribution in [2.45, 2.75) is 13.0 Å². The predicted octanol–water partition coefficient (Wildman–Crippen LogP) is 4.04. The fraction of sp³-hybridized carbons (Fsp3) is 0.333. The summed E-state index contributed by atoms with van der Waals surface area (Å²) in [4.78, 5) is 8.31. The average molecular weight is 570 g/mol. The van der Waals surface area contributed by atoms with Crippen LogP contribution in [0.15, 0.2) is 39.9 Å². The highest BCUT2D eigenvalue weighted by atomic mass is 127. The molecule has 0 saturated heterocycles. The number of guanidine groups is 1. The standard InChI is InChI=1S/C18H22BrClN4O2.HI/c1-21-18(22-7-6-12-4-5-16(20)23-10-12)24-11-13-8-14(19)17(26-3)15(9-13)25-2;/h4-5,8-10H,6-7,11H2,1-3H3,(H2,21,22,24);1H. The smallest absolute Gasteiger partial charge is 0.191 e. The first-order valence-corrected chi connectivity index (χ1v) is 9.19. The van der Waals surface area contributed by atoms with Crippen molar-refractivity contribution < 1.29 is 9.47 Å².